The van der Waals surface area contributed by atoms with E-state index in [0.29, 0.717) is 12.2 Å². The Balaban J connectivity index is 1.62. The number of likely N-dealkylation sites (tertiary alicyclic amines) is 1. The van der Waals surface area contributed by atoms with Gasteiger partial charge in [0, 0.05) is 12.1 Å². The Morgan fingerprint density at radius 1 is 1.11 bits per heavy atom. The summed E-state index contributed by atoms with van der Waals surface area (Å²) in [7, 11) is 3.27. The average molecular weight is 378 g/mol. The standard InChI is InChI=1S/C21H22N4O3/c1-27-16-10-11-20(28-2)17(13-16)19-9-6-12-24(19)21(26)18-14-22-25(23-18)15-7-4-3-5-8-15/h3-5,7-8,10-11,13-14,19H,6,9,12H2,1-2H3/t19-/m0/s1. The molecule has 2 heterocycles. The monoisotopic (exact) mass is 378 g/mol. The summed E-state index contributed by atoms with van der Waals surface area (Å²) in [4.78, 5) is 16.5. The van der Waals surface area contributed by atoms with Gasteiger partial charge in [-0.1, -0.05) is 18.2 Å². The first kappa shape index (κ1) is 18.0. The minimum absolute atomic E-state index is 0.0839. The molecule has 0 unspecified atom stereocenters. The normalized spacial score (nSPS) is 16.2. The highest BCUT2D eigenvalue weighted by atomic mass is 16.5. The van der Waals surface area contributed by atoms with Crippen molar-refractivity contribution in [2.45, 2.75) is 18.9 Å². The van der Waals surface area contributed by atoms with Crippen molar-refractivity contribution in [2.24, 2.45) is 0 Å². The molecule has 1 fully saturated rings. The number of aromatic nitrogens is 3. The molecular weight excluding hydrogens is 356 g/mol. The molecule has 0 bridgehead atoms. The number of methoxy groups -OCH3 is 2. The van der Waals surface area contributed by atoms with E-state index in [9.17, 15) is 4.79 Å². The fourth-order valence-corrected chi connectivity index (χ4v) is 3.63. The molecule has 4 rings (SSSR count). The molecule has 1 aliphatic rings. The van der Waals surface area contributed by atoms with Crippen LogP contribution in [0, 0.1) is 0 Å². The summed E-state index contributed by atoms with van der Waals surface area (Å²) in [6.07, 6.45) is 3.30. The van der Waals surface area contributed by atoms with E-state index in [4.69, 9.17) is 9.47 Å². The van der Waals surface area contributed by atoms with Crippen molar-refractivity contribution in [3.8, 4) is 17.2 Å². The Morgan fingerprint density at radius 3 is 2.68 bits per heavy atom. The lowest BCUT2D eigenvalue weighted by molar-refractivity contribution is 0.0727. The van der Waals surface area contributed by atoms with Gasteiger partial charge in [0.2, 0.25) is 0 Å². The van der Waals surface area contributed by atoms with Crippen LogP contribution in [-0.4, -0.2) is 46.6 Å². The van der Waals surface area contributed by atoms with Gasteiger partial charge < -0.3 is 14.4 Å². The predicted octanol–water partition coefficient (Wildman–Crippen LogP) is 3.26. The topological polar surface area (TPSA) is 69.5 Å². The minimum Gasteiger partial charge on any atom is -0.497 e. The molecule has 7 nitrogen and oxygen atoms in total. The van der Waals surface area contributed by atoms with E-state index in [1.54, 1.807) is 14.2 Å². The summed E-state index contributed by atoms with van der Waals surface area (Å²) in [5, 5.41) is 8.64. The smallest absolute Gasteiger partial charge is 0.276 e. The van der Waals surface area contributed by atoms with Crippen molar-refractivity contribution in [1.82, 2.24) is 19.9 Å². The average Bonchev–Trinajstić information content (AvgIpc) is 3.43. The van der Waals surface area contributed by atoms with E-state index >= 15 is 0 Å². The zero-order valence-corrected chi connectivity index (χ0v) is 15.9. The van der Waals surface area contributed by atoms with E-state index < -0.39 is 0 Å². The highest BCUT2D eigenvalue weighted by molar-refractivity contribution is 5.92. The molecule has 2 aromatic carbocycles. The third-order valence-electron chi connectivity index (χ3n) is 5.01. The quantitative estimate of drug-likeness (QED) is 0.682. The molecule has 1 saturated heterocycles. The Kier molecular flexibility index (Phi) is 4.97. The van der Waals surface area contributed by atoms with Gasteiger partial charge in [-0.15, -0.1) is 5.10 Å². The predicted molar refractivity (Wildman–Crippen MR) is 104 cm³/mol. The highest BCUT2D eigenvalue weighted by Gasteiger charge is 2.34. The maximum Gasteiger partial charge on any atom is 0.276 e. The van der Waals surface area contributed by atoms with E-state index in [0.717, 1.165) is 35.6 Å². The van der Waals surface area contributed by atoms with Crippen LogP contribution in [0.5, 0.6) is 11.5 Å². The Morgan fingerprint density at radius 2 is 1.93 bits per heavy atom. The van der Waals surface area contributed by atoms with Crippen molar-refractivity contribution in [1.29, 1.82) is 0 Å². The zero-order chi connectivity index (χ0) is 19.5. The first-order chi connectivity index (χ1) is 13.7. The van der Waals surface area contributed by atoms with Gasteiger partial charge in [-0.2, -0.15) is 9.90 Å². The second-order valence-electron chi connectivity index (χ2n) is 6.62. The molecule has 3 aromatic rings. The Hall–Kier alpha value is -3.35. The van der Waals surface area contributed by atoms with Crippen LogP contribution in [0.3, 0.4) is 0 Å². The first-order valence-corrected chi connectivity index (χ1v) is 9.22. The van der Waals surface area contributed by atoms with Gasteiger partial charge in [0.15, 0.2) is 5.69 Å². The van der Waals surface area contributed by atoms with Gasteiger partial charge in [-0.25, -0.2) is 0 Å². The number of amides is 1. The SMILES string of the molecule is COc1ccc(OC)c([C@@H]2CCCN2C(=O)c2cnn(-c3ccccc3)n2)c1. The largest absolute Gasteiger partial charge is 0.497 e. The second-order valence-corrected chi connectivity index (χ2v) is 6.62. The minimum atomic E-state index is -0.130. The van der Waals surface area contributed by atoms with Crippen LogP contribution in [0.25, 0.3) is 5.69 Å². The maximum absolute atomic E-state index is 13.2. The van der Waals surface area contributed by atoms with Gasteiger partial charge in [0.05, 0.1) is 32.1 Å². The van der Waals surface area contributed by atoms with Crippen LogP contribution in [0.15, 0.2) is 54.7 Å². The first-order valence-electron chi connectivity index (χ1n) is 9.22. The maximum atomic E-state index is 13.2. The van der Waals surface area contributed by atoms with Crippen molar-refractivity contribution in [3.63, 3.8) is 0 Å². The number of carbonyl (C=O) groups excluding carboxylic acids is 1. The summed E-state index contributed by atoms with van der Waals surface area (Å²) in [5.41, 5.74) is 2.09. The number of hydrogen-bond donors (Lipinski definition) is 0. The molecule has 7 heteroatoms. The number of benzene rings is 2. The van der Waals surface area contributed by atoms with Crippen LogP contribution in [-0.2, 0) is 0 Å². The Labute approximate surface area is 163 Å². The second kappa shape index (κ2) is 7.72. The van der Waals surface area contributed by atoms with Gasteiger partial charge in [0.25, 0.3) is 5.91 Å². The van der Waals surface area contributed by atoms with E-state index in [1.165, 1.54) is 11.0 Å². The summed E-state index contributed by atoms with van der Waals surface area (Å²) < 4.78 is 10.9. The van der Waals surface area contributed by atoms with Gasteiger partial charge >= 0.3 is 0 Å². The molecule has 0 aliphatic carbocycles. The van der Waals surface area contributed by atoms with Crippen molar-refractivity contribution in [2.75, 3.05) is 20.8 Å². The molecule has 1 amide bonds. The van der Waals surface area contributed by atoms with Crippen LogP contribution in [0.1, 0.15) is 34.9 Å². The molecule has 1 aliphatic heterocycles. The molecular formula is C21H22N4O3. The summed E-state index contributed by atoms with van der Waals surface area (Å²) in [5.74, 6) is 1.36. The lowest BCUT2D eigenvalue weighted by atomic mass is 10.0. The van der Waals surface area contributed by atoms with Gasteiger partial charge in [-0.3, -0.25) is 4.79 Å². The lowest BCUT2D eigenvalue weighted by Gasteiger charge is -2.26. The van der Waals surface area contributed by atoms with Crippen molar-refractivity contribution >= 4 is 5.91 Å². The third kappa shape index (κ3) is 3.31. The molecule has 0 spiro atoms. The molecule has 0 N–H and O–H groups in total. The van der Waals surface area contributed by atoms with E-state index in [-0.39, 0.29) is 11.9 Å². The zero-order valence-electron chi connectivity index (χ0n) is 15.9. The molecule has 144 valence electrons. The van der Waals surface area contributed by atoms with Crippen molar-refractivity contribution < 1.29 is 14.3 Å². The number of carbonyl (C=O) groups is 1. The van der Waals surface area contributed by atoms with Crippen LogP contribution in [0.4, 0.5) is 0 Å². The third-order valence-corrected chi connectivity index (χ3v) is 5.01. The number of hydrogen-bond acceptors (Lipinski definition) is 5. The lowest BCUT2D eigenvalue weighted by Crippen LogP contribution is -2.31. The summed E-state index contributed by atoms with van der Waals surface area (Å²) in [6, 6.07) is 15.1. The number of ether oxygens (including phenoxy) is 2. The number of para-hydroxylation sites is 1. The fraction of sp³-hybridized carbons (Fsp3) is 0.286. The highest BCUT2D eigenvalue weighted by Crippen LogP contribution is 2.39. The molecule has 0 radical (unpaired) electrons. The molecule has 28 heavy (non-hydrogen) atoms. The van der Waals surface area contributed by atoms with E-state index in [1.807, 2.05) is 53.4 Å². The van der Waals surface area contributed by atoms with Crippen LogP contribution < -0.4 is 9.47 Å². The molecule has 1 aromatic heterocycles. The summed E-state index contributed by atoms with van der Waals surface area (Å²) >= 11 is 0. The van der Waals surface area contributed by atoms with Crippen LogP contribution >= 0.6 is 0 Å². The van der Waals surface area contributed by atoms with Crippen LogP contribution in [0.2, 0.25) is 0 Å². The van der Waals surface area contributed by atoms with Gasteiger partial charge in [-0.05, 0) is 43.2 Å². The molecule has 1 atom stereocenters. The number of rotatable bonds is 5. The summed E-state index contributed by atoms with van der Waals surface area (Å²) in [6.45, 7) is 0.669. The van der Waals surface area contributed by atoms with Gasteiger partial charge in [0.1, 0.15) is 11.5 Å². The Bertz CT molecular complexity index is 971. The number of nitrogens with zero attached hydrogens (tertiary/aromatic N) is 4. The molecule has 0 saturated carbocycles. The fourth-order valence-electron chi connectivity index (χ4n) is 3.63. The van der Waals surface area contributed by atoms with Crippen molar-refractivity contribution in [3.05, 3.63) is 66.0 Å². The van der Waals surface area contributed by atoms with E-state index in [2.05, 4.69) is 10.2 Å².